The molecule has 2 atom stereocenters. The largest absolute Gasteiger partial charge is 0.480 e. The van der Waals surface area contributed by atoms with E-state index < -0.39 is 5.97 Å². The molecule has 1 fully saturated rings. The Morgan fingerprint density at radius 1 is 1.37 bits per heavy atom. The first-order valence-electron chi connectivity index (χ1n) is 7.42. The second-order valence-electron chi connectivity index (χ2n) is 5.05. The van der Waals surface area contributed by atoms with Gasteiger partial charge in [0, 0.05) is 38.8 Å². The summed E-state index contributed by atoms with van der Waals surface area (Å²) >= 11 is 0. The number of piperazine rings is 1. The highest BCUT2D eigenvalue weighted by atomic mass is 16.5. The Balaban J connectivity index is 2.51. The first-order valence-corrected chi connectivity index (χ1v) is 7.42. The van der Waals surface area contributed by atoms with Gasteiger partial charge in [-0.25, -0.2) is 0 Å². The van der Waals surface area contributed by atoms with Gasteiger partial charge in [-0.1, -0.05) is 13.8 Å². The van der Waals surface area contributed by atoms with Crippen LogP contribution in [0.4, 0.5) is 0 Å². The zero-order valence-corrected chi connectivity index (χ0v) is 12.5. The minimum absolute atomic E-state index is 0.330. The van der Waals surface area contributed by atoms with Crippen molar-refractivity contribution in [1.29, 1.82) is 0 Å². The highest BCUT2D eigenvalue weighted by Crippen LogP contribution is 2.16. The van der Waals surface area contributed by atoms with Crippen molar-refractivity contribution >= 4 is 5.97 Å². The van der Waals surface area contributed by atoms with Gasteiger partial charge >= 0.3 is 5.97 Å². The Hall–Kier alpha value is -0.650. The van der Waals surface area contributed by atoms with Crippen molar-refractivity contribution in [2.24, 2.45) is 0 Å². The maximum absolute atomic E-state index is 11.2. The molecule has 1 N–H and O–H groups in total. The third kappa shape index (κ3) is 4.75. The van der Waals surface area contributed by atoms with E-state index >= 15 is 0 Å². The molecule has 0 aromatic heterocycles. The highest BCUT2D eigenvalue weighted by Gasteiger charge is 2.31. The van der Waals surface area contributed by atoms with Crippen LogP contribution in [-0.2, 0) is 9.53 Å². The number of ether oxygens (including phenoxy) is 1. The van der Waals surface area contributed by atoms with E-state index in [9.17, 15) is 9.90 Å². The molecule has 0 bridgehead atoms. The van der Waals surface area contributed by atoms with Crippen molar-refractivity contribution in [3.05, 3.63) is 0 Å². The van der Waals surface area contributed by atoms with Crippen LogP contribution in [0.15, 0.2) is 0 Å². The third-order valence-corrected chi connectivity index (χ3v) is 3.95. The molecule has 1 heterocycles. The molecule has 0 aromatic carbocycles. The van der Waals surface area contributed by atoms with Crippen LogP contribution >= 0.6 is 0 Å². The fraction of sp³-hybridized carbons (Fsp3) is 0.929. The van der Waals surface area contributed by atoms with Gasteiger partial charge < -0.3 is 9.84 Å². The summed E-state index contributed by atoms with van der Waals surface area (Å²) in [5.74, 6) is -0.694. The standard InChI is InChI=1S/C14H28N2O3/c1-4-12-11-16(13(5-2)14(17)18)8-7-15(12)9-10-19-6-3/h12-13H,4-11H2,1-3H3,(H,17,18). The summed E-state index contributed by atoms with van der Waals surface area (Å²) in [4.78, 5) is 15.8. The first-order chi connectivity index (χ1) is 9.13. The smallest absolute Gasteiger partial charge is 0.320 e. The SMILES string of the molecule is CCOCCN1CCN(C(CC)C(=O)O)CC1CC. The predicted octanol–water partition coefficient (Wildman–Crippen LogP) is 1.28. The van der Waals surface area contributed by atoms with Crippen molar-refractivity contribution in [2.75, 3.05) is 39.4 Å². The Kier molecular flexibility index (Phi) is 7.34. The topological polar surface area (TPSA) is 53.0 Å². The van der Waals surface area contributed by atoms with Crippen LogP contribution in [0.5, 0.6) is 0 Å². The van der Waals surface area contributed by atoms with E-state index in [1.165, 1.54) is 0 Å². The summed E-state index contributed by atoms with van der Waals surface area (Å²) < 4.78 is 5.41. The van der Waals surface area contributed by atoms with Crippen molar-refractivity contribution < 1.29 is 14.6 Å². The summed E-state index contributed by atoms with van der Waals surface area (Å²) in [6, 6.07) is 0.116. The number of carboxylic acids is 1. The lowest BCUT2D eigenvalue weighted by Gasteiger charge is -2.43. The van der Waals surface area contributed by atoms with Gasteiger partial charge in [-0.2, -0.15) is 0 Å². The molecule has 19 heavy (non-hydrogen) atoms. The Labute approximate surface area is 116 Å². The second-order valence-corrected chi connectivity index (χ2v) is 5.05. The van der Waals surface area contributed by atoms with Crippen LogP contribution < -0.4 is 0 Å². The van der Waals surface area contributed by atoms with Gasteiger partial charge in [-0.3, -0.25) is 14.6 Å². The maximum Gasteiger partial charge on any atom is 0.320 e. The average molecular weight is 272 g/mol. The number of hydrogen-bond acceptors (Lipinski definition) is 4. The summed E-state index contributed by atoms with van der Waals surface area (Å²) in [5.41, 5.74) is 0. The number of carboxylic acid groups (broad SMARTS) is 1. The summed E-state index contributed by atoms with van der Waals surface area (Å²) in [7, 11) is 0. The molecule has 0 aromatic rings. The molecule has 0 aliphatic carbocycles. The van der Waals surface area contributed by atoms with E-state index in [0.29, 0.717) is 12.5 Å². The molecule has 1 saturated heterocycles. The fourth-order valence-electron chi connectivity index (χ4n) is 2.80. The quantitative estimate of drug-likeness (QED) is 0.675. The van der Waals surface area contributed by atoms with Gasteiger partial charge in [0.05, 0.1) is 6.61 Å². The molecule has 0 saturated carbocycles. The lowest BCUT2D eigenvalue weighted by molar-refractivity contribution is -0.144. The Morgan fingerprint density at radius 2 is 2.11 bits per heavy atom. The van der Waals surface area contributed by atoms with Gasteiger partial charge in [-0.05, 0) is 19.8 Å². The van der Waals surface area contributed by atoms with E-state index in [-0.39, 0.29) is 6.04 Å². The lowest BCUT2D eigenvalue weighted by atomic mass is 10.1. The average Bonchev–Trinajstić information content (AvgIpc) is 2.40. The summed E-state index contributed by atoms with van der Waals surface area (Å²) in [6.07, 6.45) is 1.73. The molecule has 5 nitrogen and oxygen atoms in total. The van der Waals surface area contributed by atoms with Gasteiger partial charge in [0.25, 0.3) is 0 Å². The summed E-state index contributed by atoms with van der Waals surface area (Å²) in [6.45, 7) is 11.2. The van der Waals surface area contributed by atoms with Crippen LogP contribution in [-0.4, -0.2) is 72.4 Å². The molecule has 1 aliphatic heterocycles. The number of hydrogen-bond donors (Lipinski definition) is 1. The Bertz CT molecular complexity index is 273. The molecule has 0 spiro atoms. The zero-order chi connectivity index (χ0) is 14.3. The third-order valence-electron chi connectivity index (χ3n) is 3.95. The van der Waals surface area contributed by atoms with Crippen LogP contribution in [0.1, 0.15) is 33.6 Å². The summed E-state index contributed by atoms with van der Waals surface area (Å²) in [5, 5.41) is 9.25. The maximum atomic E-state index is 11.2. The monoisotopic (exact) mass is 272 g/mol. The predicted molar refractivity (Wildman–Crippen MR) is 75.4 cm³/mol. The van der Waals surface area contributed by atoms with Crippen molar-refractivity contribution in [2.45, 2.75) is 45.7 Å². The van der Waals surface area contributed by atoms with Gasteiger partial charge in [-0.15, -0.1) is 0 Å². The van der Waals surface area contributed by atoms with Gasteiger partial charge in [0.2, 0.25) is 0 Å². The van der Waals surface area contributed by atoms with Crippen LogP contribution in [0, 0.1) is 0 Å². The molecule has 1 aliphatic rings. The van der Waals surface area contributed by atoms with E-state index in [1.54, 1.807) is 0 Å². The van der Waals surface area contributed by atoms with E-state index in [2.05, 4.69) is 16.7 Å². The van der Waals surface area contributed by atoms with E-state index in [1.807, 2.05) is 13.8 Å². The van der Waals surface area contributed by atoms with Crippen LogP contribution in [0.25, 0.3) is 0 Å². The number of rotatable bonds is 8. The molecular weight excluding hydrogens is 244 g/mol. The first kappa shape index (κ1) is 16.4. The van der Waals surface area contributed by atoms with E-state index in [0.717, 1.165) is 45.8 Å². The number of nitrogens with zero attached hydrogens (tertiary/aromatic N) is 2. The fourth-order valence-corrected chi connectivity index (χ4v) is 2.80. The molecular formula is C14H28N2O3. The minimum Gasteiger partial charge on any atom is -0.480 e. The molecule has 112 valence electrons. The number of carbonyl (C=O) groups is 1. The van der Waals surface area contributed by atoms with Crippen molar-refractivity contribution in [3.8, 4) is 0 Å². The molecule has 0 amide bonds. The Morgan fingerprint density at radius 3 is 2.63 bits per heavy atom. The zero-order valence-electron chi connectivity index (χ0n) is 12.5. The molecule has 2 unspecified atom stereocenters. The van der Waals surface area contributed by atoms with Crippen LogP contribution in [0.3, 0.4) is 0 Å². The van der Waals surface area contributed by atoms with Crippen molar-refractivity contribution in [1.82, 2.24) is 9.80 Å². The molecule has 0 radical (unpaired) electrons. The lowest BCUT2D eigenvalue weighted by Crippen LogP contribution is -2.57. The molecule has 1 rings (SSSR count). The van der Waals surface area contributed by atoms with Crippen LogP contribution in [0.2, 0.25) is 0 Å². The van der Waals surface area contributed by atoms with Gasteiger partial charge in [0.1, 0.15) is 6.04 Å². The van der Waals surface area contributed by atoms with Crippen molar-refractivity contribution in [3.63, 3.8) is 0 Å². The second kappa shape index (κ2) is 8.51. The van der Waals surface area contributed by atoms with E-state index in [4.69, 9.17) is 4.74 Å². The number of aliphatic carboxylic acids is 1. The normalized spacial score (nSPS) is 23.4. The minimum atomic E-state index is -0.694. The molecule has 5 heteroatoms. The van der Waals surface area contributed by atoms with Gasteiger partial charge in [0.15, 0.2) is 0 Å². The highest BCUT2D eigenvalue weighted by molar-refractivity contribution is 5.73.